The third-order valence-corrected chi connectivity index (χ3v) is 6.20. The van der Waals surface area contributed by atoms with Gasteiger partial charge in [0.1, 0.15) is 18.1 Å². The van der Waals surface area contributed by atoms with E-state index in [1.165, 1.54) is 108 Å². The first-order valence-corrected chi connectivity index (χ1v) is 12.5. The molecule has 0 aliphatic carbocycles. The van der Waals surface area contributed by atoms with E-state index in [1.54, 1.807) is 0 Å². The lowest BCUT2D eigenvalue weighted by Gasteiger charge is -2.04. The molecule has 2 nitrogen and oxygen atoms in total. The van der Waals surface area contributed by atoms with Crippen molar-refractivity contribution in [3.63, 3.8) is 0 Å². The summed E-state index contributed by atoms with van der Waals surface area (Å²) in [5, 5.41) is 0. The van der Waals surface area contributed by atoms with E-state index in [-0.39, 0.29) is 0 Å². The summed E-state index contributed by atoms with van der Waals surface area (Å²) in [6.45, 7) is 5.66. The first-order valence-electron chi connectivity index (χ1n) is 12.5. The zero-order valence-corrected chi connectivity index (χ0v) is 19.2. The molecule has 162 valence electrons. The number of imidazole rings is 1. The van der Waals surface area contributed by atoms with Crippen LogP contribution in [0.1, 0.15) is 109 Å². The molecule has 2 heteroatoms. The predicted octanol–water partition coefficient (Wildman–Crippen LogP) is 7.94. The Bertz CT molecular complexity index is 629. The number of nitrogens with zero attached hydrogens (tertiary/aromatic N) is 2. The molecule has 0 N–H and O–H groups in total. The lowest BCUT2D eigenvalue weighted by atomic mass is 10.0. The van der Waals surface area contributed by atoms with E-state index in [2.05, 4.69) is 65.7 Å². The molecule has 0 saturated heterocycles. The second kappa shape index (κ2) is 15.3. The van der Waals surface area contributed by atoms with Crippen LogP contribution in [0, 0.1) is 6.92 Å². The Morgan fingerprint density at radius 3 is 1.66 bits per heavy atom. The van der Waals surface area contributed by atoms with Gasteiger partial charge in [-0.25, -0.2) is 9.13 Å². The molecule has 0 bridgehead atoms. The Morgan fingerprint density at radius 2 is 1.14 bits per heavy atom. The van der Waals surface area contributed by atoms with Crippen LogP contribution >= 0.6 is 0 Å². The van der Waals surface area contributed by atoms with Crippen molar-refractivity contribution >= 4 is 0 Å². The molecule has 0 aliphatic rings. The highest BCUT2D eigenvalue weighted by molar-refractivity contribution is 5.31. The molecule has 0 amide bonds. The van der Waals surface area contributed by atoms with Gasteiger partial charge in [0.2, 0.25) is 0 Å². The van der Waals surface area contributed by atoms with Gasteiger partial charge in [-0.3, -0.25) is 0 Å². The van der Waals surface area contributed by atoms with Crippen molar-refractivity contribution in [2.45, 2.75) is 117 Å². The predicted molar refractivity (Wildman–Crippen MR) is 126 cm³/mol. The minimum Gasteiger partial charge on any atom is -0.234 e. The summed E-state index contributed by atoms with van der Waals surface area (Å²) in [6.07, 6.45) is 25.8. The zero-order chi connectivity index (χ0) is 20.6. The van der Waals surface area contributed by atoms with Crippen molar-refractivity contribution in [2.24, 2.45) is 0 Å². The van der Waals surface area contributed by atoms with E-state index >= 15 is 0 Å². The van der Waals surface area contributed by atoms with Crippen molar-refractivity contribution in [2.75, 3.05) is 0 Å². The summed E-state index contributed by atoms with van der Waals surface area (Å²) in [5.41, 5.74) is 1.25. The fraction of sp³-hybridized carbons (Fsp3) is 0.667. The molecule has 0 spiro atoms. The van der Waals surface area contributed by atoms with Gasteiger partial charge >= 0.3 is 0 Å². The molecule has 2 rings (SSSR count). The van der Waals surface area contributed by atoms with E-state index in [9.17, 15) is 0 Å². The number of hydrogen-bond acceptors (Lipinski definition) is 0. The third kappa shape index (κ3) is 9.65. The van der Waals surface area contributed by atoms with Gasteiger partial charge in [0.25, 0.3) is 5.82 Å². The second-order valence-corrected chi connectivity index (χ2v) is 8.69. The highest BCUT2D eigenvalue weighted by atomic mass is 15.1. The topological polar surface area (TPSA) is 8.81 Å². The van der Waals surface area contributed by atoms with E-state index in [4.69, 9.17) is 0 Å². The molecule has 0 aliphatic heterocycles. The van der Waals surface area contributed by atoms with Crippen LogP contribution < -0.4 is 4.57 Å². The fourth-order valence-electron chi connectivity index (χ4n) is 4.25. The van der Waals surface area contributed by atoms with Gasteiger partial charge in [-0.05, 0) is 25.0 Å². The minimum atomic E-state index is 1.14. The number of hydrogen-bond donors (Lipinski definition) is 0. The molecule has 2 aromatic rings. The Kier molecular flexibility index (Phi) is 12.5. The van der Waals surface area contributed by atoms with Gasteiger partial charge in [-0.2, -0.15) is 0 Å². The van der Waals surface area contributed by atoms with Crippen molar-refractivity contribution in [1.82, 2.24) is 4.57 Å². The van der Waals surface area contributed by atoms with Crippen LogP contribution in [0.3, 0.4) is 0 Å². The monoisotopic (exact) mass is 397 g/mol. The Morgan fingerprint density at radius 1 is 0.655 bits per heavy atom. The van der Waals surface area contributed by atoms with Crippen molar-refractivity contribution in [3.8, 4) is 5.69 Å². The molecule has 29 heavy (non-hydrogen) atoms. The summed E-state index contributed by atoms with van der Waals surface area (Å²) in [7, 11) is 0. The number of aromatic nitrogens is 2. The molecular weight excluding hydrogens is 352 g/mol. The van der Waals surface area contributed by atoms with E-state index in [1.807, 2.05) is 0 Å². The molecule has 0 radical (unpaired) electrons. The summed E-state index contributed by atoms with van der Waals surface area (Å²) in [6, 6.07) is 10.6. The van der Waals surface area contributed by atoms with Gasteiger partial charge in [0.15, 0.2) is 0 Å². The van der Waals surface area contributed by atoms with Crippen LogP contribution in [0.15, 0.2) is 42.7 Å². The Balaban J connectivity index is 1.43. The van der Waals surface area contributed by atoms with Gasteiger partial charge in [-0.1, -0.05) is 109 Å². The number of rotatable bonds is 17. The maximum absolute atomic E-state index is 2.40. The van der Waals surface area contributed by atoms with Crippen LogP contribution in [0.4, 0.5) is 0 Å². The average Bonchev–Trinajstić information content (AvgIpc) is 3.12. The average molecular weight is 398 g/mol. The van der Waals surface area contributed by atoms with E-state index in [0.29, 0.717) is 0 Å². The van der Waals surface area contributed by atoms with Crippen LogP contribution in [0.25, 0.3) is 5.69 Å². The van der Waals surface area contributed by atoms with Crippen molar-refractivity contribution in [3.05, 3.63) is 48.5 Å². The minimum absolute atomic E-state index is 1.14. The number of unbranched alkanes of at least 4 members (excludes halogenated alkanes) is 14. The quantitative estimate of drug-likeness (QED) is 0.189. The summed E-state index contributed by atoms with van der Waals surface area (Å²) in [4.78, 5) is 0. The summed E-state index contributed by atoms with van der Waals surface area (Å²) >= 11 is 0. The second-order valence-electron chi connectivity index (χ2n) is 8.69. The van der Waals surface area contributed by atoms with E-state index in [0.717, 1.165) is 6.54 Å². The van der Waals surface area contributed by atoms with Gasteiger partial charge < -0.3 is 0 Å². The largest absolute Gasteiger partial charge is 0.258 e. The number of aryl methyl sites for hydroxylation is 1. The third-order valence-electron chi connectivity index (χ3n) is 6.20. The summed E-state index contributed by atoms with van der Waals surface area (Å²) < 4.78 is 4.68. The van der Waals surface area contributed by atoms with Crippen LogP contribution in [-0.2, 0) is 6.54 Å². The highest BCUT2D eigenvalue weighted by Gasteiger charge is 2.13. The molecular formula is C27H45N2+. The lowest BCUT2D eigenvalue weighted by molar-refractivity contribution is -0.702. The zero-order valence-electron chi connectivity index (χ0n) is 19.2. The first-order chi connectivity index (χ1) is 14.3. The van der Waals surface area contributed by atoms with Crippen LogP contribution in [0.5, 0.6) is 0 Å². The standard InChI is InChI=1S/C27H45N2/c1-3-4-5-6-7-8-9-10-11-12-13-14-15-16-20-23-28-24-25-29(26(28)2)27-21-18-17-19-22-27/h17-19,21-22,24-25H,3-16,20,23H2,1-2H3/q+1. The van der Waals surface area contributed by atoms with Gasteiger partial charge in [0.05, 0.1) is 6.54 Å². The smallest absolute Gasteiger partial charge is 0.234 e. The molecule has 1 heterocycles. The lowest BCUT2D eigenvalue weighted by Crippen LogP contribution is -2.35. The first kappa shape index (κ1) is 23.7. The maximum Gasteiger partial charge on any atom is 0.258 e. The molecule has 0 fully saturated rings. The fourth-order valence-corrected chi connectivity index (χ4v) is 4.25. The van der Waals surface area contributed by atoms with E-state index < -0.39 is 0 Å². The van der Waals surface area contributed by atoms with Crippen LogP contribution in [0.2, 0.25) is 0 Å². The molecule has 1 aromatic heterocycles. The Hall–Kier alpha value is -1.57. The molecule has 0 saturated carbocycles. The SMILES string of the molecule is CCCCCCCCCCCCCCCCC[n+]1ccn(-c2ccccc2)c1C. The Labute approximate surface area is 180 Å². The van der Waals surface area contributed by atoms with Crippen molar-refractivity contribution < 1.29 is 4.57 Å². The normalized spacial score (nSPS) is 11.2. The maximum atomic E-state index is 2.40. The number of benzene rings is 1. The van der Waals surface area contributed by atoms with Gasteiger partial charge in [0, 0.05) is 6.92 Å². The number of para-hydroxylation sites is 1. The molecule has 1 aromatic carbocycles. The van der Waals surface area contributed by atoms with Crippen molar-refractivity contribution in [1.29, 1.82) is 0 Å². The highest BCUT2D eigenvalue weighted by Crippen LogP contribution is 2.13. The van der Waals surface area contributed by atoms with Crippen LogP contribution in [-0.4, -0.2) is 4.57 Å². The molecule has 0 atom stereocenters. The molecule has 0 unspecified atom stereocenters. The van der Waals surface area contributed by atoms with Gasteiger partial charge in [-0.15, -0.1) is 0 Å². The summed E-state index contributed by atoms with van der Waals surface area (Å²) in [5.74, 6) is 1.32.